The summed E-state index contributed by atoms with van der Waals surface area (Å²) in [5.41, 5.74) is 1.10. The molecule has 3 rings (SSSR count). The van der Waals surface area contributed by atoms with Crippen LogP contribution in [0.2, 0.25) is 0 Å². The minimum absolute atomic E-state index is 0.146. The molecule has 1 aromatic carbocycles. The molecule has 2 aromatic heterocycles. The van der Waals surface area contributed by atoms with E-state index in [1.54, 1.807) is 16.8 Å². The minimum atomic E-state index is -1.04. The maximum Gasteiger partial charge on any atom is 0.143 e. The van der Waals surface area contributed by atoms with Crippen LogP contribution in [0.25, 0.3) is 5.52 Å². The van der Waals surface area contributed by atoms with Crippen LogP contribution in [0.3, 0.4) is 0 Å². The van der Waals surface area contributed by atoms with Gasteiger partial charge in [-0.05, 0) is 40.2 Å². The first-order chi connectivity index (χ1) is 10.1. The van der Waals surface area contributed by atoms with Gasteiger partial charge in [0.15, 0.2) is 0 Å². The molecule has 1 N–H and O–H groups in total. The molecular formula is C15H11BrF2N2O. The van der Waals surface area contributed by atoms with Crippen molar-refractivity contribution in [1.29, 1.82) is 0 Å². The lowest BCUT2D eigenvalue weighted by Gasteiger charge is -2.12. The van der Waals surface area contributed by atoms with Crippen LogP contribution in [0.1, 0.15) is 17.2 Å². The van der Waals surface area contributed by atoms with E-state index < -0.39 is 17.7 Å². The number of benzene rings is 1. The Balaban J connectivity index is 1.97. The number of fused-ring (bicyclic) bond motifs is 1. The summed E-state index contributed by atoms with van der Waals surface area (Å²) >= 11 is 3.02. The van der Waals surface area contributed by atoms with Gasteiger partial charge in [0.1, 0.15) is 11.6 Å². The second-order valence-electron chi connectivity index (χ2n) is 4.67. The Bertz CT molecular complexity index is 803. The van der Waals surface area contributed by atoms with Crippen molar-refractivity contribution in [2.45, 2.75) is 12.5 Å². The van der Waals surface area contributed by atoms with Crippen molar-refractivity contribution in [3.05, 3.63) is 70.0 Å². The summed E-state index contributed by atoms with van der Waals surface area (Å²) in [6, 6.07) is 7.89. The van der Waals surface area contributed by atoms with Gasteiger partial charge in [-0.2, -0.15) is 5.10 Å². The lowest BCUT2D eigenvalue weighted by Crippen LogP contribution is -2.06. The number of aliphatic hydroxyl groups is 1. The molecule has 0 aliphatic carbocycles. The maximum atomic E-state index is 14.0. The second-order valence-corrected chi connectivity index (χ2v) is 5.53. The van der Waals surface area contributed by atoms with Crippen LogP contribution in [-0.4, -0.2) is 14.7 Å². The van der Waals surface area contributed by atoms with Gasteiger partial charge in [-0.3, -0.25) is 0 Å². The molecule has 3 aromatic rings. The molecule has 1 unspecified atom stereocenters. The lowest BCUT2D eigenvalue weighted by molar-refractivity contribution is 0.177. The van der Waals surface area contributed by atoms with Gasteiger partial charge in [-0.1, -0.05) is 6.07 Å². The molecule has 3 nitrogen and oxygen atoms in total. The van der Waals surface area contributed by atoms with Gasteiger partial charge in [0.05, 0.1) is 22.3 Å². The Morgan fingerprint density at radius 1 is 1.24 bits per heavy atom. The Morgan fingerprint density at radius 2 is 2.05 bits per heavy atom. The Hall–Kier alpha value is -1.79. The second kappa shape index (κ2) is 5.54. The van der Waals surface area contributed by atoms with E-state index in [9.17, 15) is 13.9 Å². The molecule has 0 bridgehead atoms. The monoisotopic (exact) mass is 352 g/mol. The van der Waals surface area contributed by atoms with Gasteiger partial charge in [0.2, 0.25) is 0 Å². The Morgan fingerprint density at radius 3 is 2.86 bits per heavy atom. The number of aliphatic hydroxyl groups excluding tert-OH is 1. The van der Waals surface area contributed by atoms with Crippen molar-refractivity contribution in [2.75, 3.05) is 0 Å². The van der Waals surface area contributed by atoms with E-state index in [0.717, 1.165) is 0 Å². The summed E-state index contributed by atoms with van der Waals surface area (Å²) in [7, 11) is 0. The highest BCUT2D eigenvalue weighted by molar-refractivity contribution is 9.10. The largest absolute Gasteiger partial charge is 0.388 e. The summed E-state index contributed by atoms with van der Waals surface area (Å²) in [5, 5.41) is 14.4. The summed E-state index contributed by atoms with van der Waals surface area (Å²) in [6.07, 6.45) is 2.05. The van der Waals surface area contributed by atoms with Crippen LogP contribution in [0, 0.1) is 11.6 Å². The fourth-order valence-corrected chi connectivity index (χ4v) is 2.64. The van der Waals surface area contributed by atoms with Gasteiger partial charge < -0.3 is 5.11 Å². The summed E-state index contributed by atoms with van der Waals surface area (Å²) in [5.74, 6) is -1.36. The highest BCUT2D eigenvalue weighted by Crippen LogP contribution is 2.28. The van der Waals surface area contributed by atoms with E-state index in [4.69, 9.17) is 0 Å². The summed E-state index contributed by atoms with van der Waals surface area (Å²) in [6.45, 7) is 0. The van der Waals surface area contributed by atoms with Gasteiger partial charge in [-0.25, -0.2) is 13.3 Å². The molecule has 0 radical (unpaired) electrons. The van der Waals surface area contributed by atoms with E-state index in [1.165, 1.54) is 18.3 Å². The molecule has 0 fully saturated rings. The van der Waals surface area contributed by atoms with Crippen LogP contribution in [0.5, 0.6) is 0 Å². The molecule has 0 amide bonds. The zero-order valence-electron chi connectivity index (χ0n) is 10.8. The third kappa shape index (κ3) is 2.56. The Labute approximate surface area is 128 Å². The van der Waals surface area contributed by atoms with Gasteiger partial charge in [0.25, 0.3) is 0 Å². The van der Waals surface area contributed by atoms with Crippen molar-refractivity contribution in [3.8, 4) is 0 Å². The third-order valence-electron chi connectivity index (χ3n) is 3.35. The predicted octanol–water partition coefficient (Wildman–Crippen LogP) is 3.65. The minimum Gasteiger partial charge on any atom is -0.388 e. The van der Waals surface area contributed by atoms with Gasteiger partial charge >= 0.3 is 0 Å². The van der Waals surface area contributed by atoms with Crippen molar-refractivity contribution in [3.63, 3.8) is 0 Å². The number of hydrogen-bond donors (Lipinski definition) is 1. The first-order valence-electron chi connectivity index (χ1n) is 6.30. The number of rotatable bonds is 3. The standard InChI is InChI=1S/C15H11BrF2N2O/c16-11-4-5-12(17)9(15(11)18)7-14(21)10-8-19-20-6-2-1-3-13(10)20/h1-6,8,14,21H,7H2. The van der Waals surface area contributed by atoms with Crippen LogP contribution in [0.15, 0.2) is 47.2 Å². The van der Waals surface area contributed by atoms with E-state index >= 15 is 0 Å². The number of hydrogen-bond acceptors (Lipinski definition) is 2. The zero-order valence-corrected chi connectivity index (χ0v) is 12.4. The smallest absolute Gasteiger partial charge is 0.143 e. The van der Waals surface area contributed by atoms with Crippen LogP contribution in [-0.2, 0) is 6.42 Å². The number of pyridine rings is 1. The molecule has 21 heavy (non-hydrogen) atoms. The molecule has 6 heteroatoms. The van der Waals surface area contributed by atoms with Crippen LogP contribution in [0.4, 0.5) is 8.78 Å². The fourth-order valence-electron chi connectivity index (χ4n) is 2.27. The highest BCUT2D eigenvalue weighted by atomic mass is 79.9. The normalized spacial score (nSPS) is 12.8. The molecular weight excluding hydrogens is 342 g/mol. The highest BCUT2D eigenvalue weighted by Gasteiger charge is 2.20. The molecule has 1 atom stereocenters. The topological polar surface area (TPSA) is 37.5 Å². The molecule has 0 aliphatic heterocycles. The molecule has 0 saturated carbocycles. The Kier molecular flexibility index (Phi) is 3.73. The summed E-state index contributed by atoms with van der Waals surface area (Å²) < 4.78 is 29.5. The number of nitrogens with zero attached hydrogens (tertiary/aromatic N) is 2. The zero-order chi connectivity index (χ0) is 15.0. The molecule has 0 spiro atoms. The van der Waals surface area contributed by atoms with Crippen molar-refractivity contribution < 1.29 is 13.9 Å². The summed E-state index contributed by atoms with van der Waals surface area (Å²) in [4.78, 5) is 0. The predicted molar refractivity (Wildman–Crippen MR) is 77.9 cm³/mol. The number of halogens is 3. The molecule has 0 saturated heterocycles. The van der Waals surface area contributed by atoms with Crippen molar-refractivity contribution >= 4 is 21.4 Å². The van der Waals surface area contributed by atoms with Gasteiger partial charge in [-0.15, -0.1) is 0 Å². The van der Waals surface area contributed by atoms with Gasteiger partial charge in [0, 0.05) is 23.7 Å². The van der Waals surface area contributed by atoms with Crippen LogP contribution >= 0.6 is 15.9 Å². The first-order valence-corrected chi connectivity index (χ1v) is 7.10. The van der Waals surface area contributed by atoms with E-state index in [0.29, 0.717) is 11.1 Å². The number of aromatic nitrogens is 2. The molecule has 108 valence electrons. The average molecular weight is 353 g/mol. The molecule has 0 aliphatic rings. The lowest BCUT2D eigenvalue weighted by atomic mass is 10.0. The van der Waals surface area contributed by atoms with E-state index in [1.807, 2.05) is 12.1 Å². The quantitative estimate of drug-likeness (QED) is 0.730. The van der Waals surface area contributed by atoms with Crippen molar-refractivity contribution in [2.24, 2.45) is 0 Å². The van der Waals surface area contributed by atoms with Crippen molar-refractivity contribution in [1.82, 2.24) is 9.61 Å². The van der Waals surface area contributed by atoms with Crippen LogP contribution < -0.4 is 0 Å². The van der Waals surface area contributed by atoms with E-state index in [2.05, 4.69) is 21.0 Å². The molecule has 2 heterocycles. The fraction of sp³-hybridized carbons (Fsp3) is 0.133. The SMILES string of the molecule is OC(Cc1c(F)ccc(Br)c1F)c1cnn2ccccc12. The van der Waals surface area contributed by atoms with E-state index in [-0.39, 0.29) is 16.5 Å². The first kappa shape index (κ1) is 14.2. The third-order valence-corrected chi connectivity index (χ3v) is 3.96. The average Bonchev–Trinajstić information content (AvgIpc) is 2.91. The maximum absolute atomic E-state index is 14.0.